The summed E-state index contributed by atoms with van der Waals surface area (Å²) in [5, 5.41) is 4.02. The van der Waals surface area contributed by atoms with Crippen LogP contribution in [0.1, 0.15) is 37.1 Å². The molecule has 2 heterocycles. The normalized spacial score (nSPS) is 21.4. The topological polar surface area (TPSA) is 62.3 Å². The van der Waals surface area contributed by atoms with E-state index >= 15 is 0 Å². The van der Waals surface area contributed by atoms with Gasteiger partial charge in [-0.15, -0.1) is 11.3 Å². The third kappa shape index (κ3) is 4.52. The Kier molecular flexibility index (Phi) is 5.97. The number of hydrogen-bond acceptors (Lipinski definition) is 4. The number of urea groups is 1. The molecule has 1 aromatic rings. The molecule has 0 bridgehead atoms. The minimum atomic E-state index is -0.869. The van der Waals surface area contributed by atoms with Crippen LogP contribution in [0, 0.1) is 0 Å². The van der Waals surface area contributed by atoms with Crippen molar-refractivity contribution in [2.45, 2.75) is 44.8 Å². The number of nitrogens with one attached hydrogen (secondary N) is 1. The molecule has 1 atom stereocenters. The van der Waals surface area contributed by atoms with Crippen LogP contribution < -0.4 is 5.32 Å². The highest BCUT2D eigenvalue weighted by molar-refractivity contribution is 7.86. The van der Waals surface area contributed by atoms with E-state index < -0.39 is 10.8 Å². The Morgan fingerprint density at radius 3 is 2.95 bits per heavy atom. The minimum Gasteiger partial charge on any atom is -0.338 e. The van der Waals surface area contributed by atoms with Crippen LogP contribution in [-0.2, 0) is 23.6 Å². The van der Waals surface area contributed by atoms with Crippen molar-refractivity contribution < 1.29 is 9.00 Å². The van der Waals surface area contributed by atoms with E-state index in [2.05, 4.69) is 17.2 Å². The molecular formula is C15H25N3O2S2. The number of nitrogens with zero attached hydrogens (tertiary/aromatic N) is 2. The third-order valence-electron chi connectivity index (χ3n) is 4.00. The zero-order valence-corrected chi connectivity index (χ0v) is 15.2. The highest BCUT2D eigenvalue weighted by atomic mass is 32.2. The highest BCUT2D eigenvalue weighted by Gasteiger charge is 2.31. The van der Waals surface area contributed by atoms with Gasteiger partial charge in [0.05, 0.1) is 5.01 Å². The second-order valence-electron chi connectivity index (χ2n) is 6.10. The first-order chi connectivity index (χ1) is 10.4. The number of aromatic nitrogens is 1. The Morgan fingerprint density at radius 2 is 2.27 bits per heavy atom. The van der Waals surface area contributed by atoms with Gasteiger partial charge in [-0.05, 0) is 26.7 Å². The van der Waals surface area contributed by atoms with E-state index in [0.29, 0.717) is 25.4 Å². The molecule has 7 heteroatoms. The smallest absolute Gasteiger partial charge is 0.317 e. The predicted molar refractivity (Wildman–Crippen MR) is 91.9 cm³/mol. The van der Waals surface area contributed by atoms with Crippen molar-refractivity contribution in [1.82, 2.24) is 15.2 Å². The number of carbonyl (C=O) groups is 1. The number of rotatable bonds is 4. The van der Waals surface area contributed by atoms with Gasteiger partial charge in [0.15, 0.2) is 0 Å². The zero-order valence-electron chi connectivity index (χ0n) is 13.6. The van der Waals surface area contributed by atoms with Crippen LogP contribution in [0.4, 0.5) is 4.79 Å². The number of aryl methyl sites for hydroxylation is 1. The first-order valence-corrected chi connectivity index (χ1v) is 9.91. The Labute approximate surface area is 139 Å². The lowest BCUT2D eigenvalue weighted by Crippen LogP contribution is -2.42. The van der Waals surface area contributed by atoms with E-state index in [-0.39, 0.29) is 10.8 Å². The average molecular weight is 344 g/mol. The fraction of sp³-hybridized carbons (Fsp3) is 0.733. The molecule has 1 aliphatic rings. The number of hydrogen-bond donors (Lipinski definition) is 1. The average Bonchev–Trinajstić information content (AvgIpc) is 2.89. The van der Waals surface area contributed by atoms with Crippen molar-refractivity contribution in [3.63, 3.8) is 0 Å². The maximum absolute atomic E-state index is 12.2. The molecule has 2 rings (SSSR count). The number of thiazole rings is 1. The summed E-state index contributed by atoms with van der Waals surface area (Å²) in [4.78, 5) is 19.6. The van der Waals surface area contributed by atoms with Gasteiger partial charge in [-0.1, -0.05) is 6.92 Å². The second-order valence-corrected chi connectivity index (χ2v) is 9.51. The summed E-state index contributed by atoms with van der Waals surface area (Å²) in [6, 6.07) is -0.0537. The summed E-state index contributed by atoms with van der Waals surface area (Å²) in [6.07, 6.45) is 4.46. The van der Waals surface area contributed by atoms with Gasteiger partial charge >= 0.3 is 6.03 Å². The van der Waals surface area contributed by atoms with Gasteiger partial charge in [0, 0.05) is 58.4 Å². The molecule has 0 saturated carbocycles. The molecule has 2 amide bonds. The molecule has 124 valence electrons. The number of amides is 2. The van der Waals surface area contributed by atoms with E-state index in [0.717, 1.165) is 24.3 Å². The van der Waals surface area contributed by atoms with Crippen molar-refractivity contribution in [3.8, 4) is 0 Å². The standard InChI is InChI=1S/C15H25N3O2S2/c1-4-12-11-17-13(21-12)5-7-16-14(19)18-8-6-15(2,3)22(20)10-9-18/h11H,4-10H2,1-3H3,(H,16,19). The van der Waals surface area contributed by atoms with E-state index in [9.17, 15) is 9.00 Å². The molecule has 1 aliphatic heterocycles. The molecule has 1 unspecified atom stereocenters. The lowest BCUT2D eigenvalue weighted by Gasteiger charge is -2.22. The summed E-state index contributed by atoms with van der Waals surface area (Å²) in [5.74, 6) is 0.562. The molecule has 1 N–H and O–H groups in total. The summed E-state index contributed by atoms with van der Waals surface area (Å²) in [5.41, 5.74) is 0. The van der Waals surface area contributed by atoms with Gasteiger partial charge in [-0.25, -0.2) is 9.78 Å². The SMILES string of the molecule is CCc1cnc(CCNC(=O)N2CCS(=O)C(C)(C)CC2)s1. The molecule has 1 saturated heterocycles. The van der Waals surface area contributed by atoms with Gasteiger partial charge in [0.25, 0.3) is 0 Å². The second kappa shape index (κ2) is 7.55. The highest BCUT2D eigenvalue weighted by Crippen LogP contribution is 2.21. The quantitative estimate of drug-likeness (QED) is 0.911. The Balaban J connectivity index is 1.78. The van der Waals surface area contributed by atoms with E-state index in [1.807, 2.05) is 20.0 Å². The Bertz CT molecular complexity index is 543. The lowest BCUT2D eigenvalue weighted by atomic mass is 10.1. The maximum Gasteiger partial charge on any atom is 0.317 e. The molecule has 0 aromatic carbocycles. The van der Waals surface area contributed by atoms with Crippen LogP contribution in [0.2, 0.25) is 0 Å². The number of carbonyl (C=O) groups excluding carboxylic acids is 1. The third-order valence-corrected chi connectivity index (χ3v) is 7.19. The molecular weight excluding hydrogens is 318 g/mol. The summed E-state index contributed by atoms with van der Waals surface area (Å²) in [7, 11) is -0.869. The maximum atomic E-state index is 12.2. The van der Waals surface area contributed by atoms with E-state index in [4.69, 9.17) is 0 Å². The minimum absolute atomic E-state index is 0.0537. The molecule has 0 spiro atoms. The van der Waals surface area contributed by atoms with Crippen molar-refractivity contribution in [3.05, 3.63) is 16.1 Å². The molecule has 22 heavy (non-hydrogen) atoms. The van der Waals surface area contributed by atoms with E-state index in [1.54, 1.807) is 16.2 Å². The predicted octanol–water partition coefficient (Wildman–Crippen LogP) is 2.19. The molecule has 1 aromatic heterocycles. The summed E-state index contributed by atoms with van der Waals surface area (Å²) >= 11 is 1.71. The van der Waals surface area contributed by atoms with Gasteiger partial charge in [0.1, 0.15) is 0 Å². The van der Waals surface area contributed by atoms with Crippen LogP contribution >= 0.6 is 11.3 Å². The van der Waals surface area contributed by atoms with Crippen LogP contribution in [-0.4, -0.2) is 50.3 Å². The monoisotopic (exact) mass is 343 g/mol. The van der Waals surface area contributed by atoms with Crippen LogP contribution in [0.25, 0.3) is 0 Å². The first-order valence-electron chi connectivity index (χ1n) is 7.77. The Morgan fingerprint density at radius 1 is 1.50 bits per heavy atom. The molecule has 0 aliphatic carbocycles. The van der Waals surface area contributed by atoms with Crippen LogP contribution in [0.3, 0.4) is 0 Å². The van der Waals surface area contributed by atoms with Crippen molar-refractivity contribution >= 4 is 28.2 Å². The Hall–Kier alpha value is -0.950. The van der Waals surface area contributed by atoms with E-state index in [1.165, 1.54) is 4.88 Å². The summed E-state index contributed by atoms with van der Waals surface area (Å²) in [6.45, 7) is 7.97. The van der Waals surface area contributed by atoms with Crippen LogP contribution in [0.5, 0.6) is 0 Å². The summed E-state index contributed by atoms with van der Waals surface area (Å²) < 4.78 is 11.9. The first kappa shape index (κ1) is 17.4. The molecule has 5 nitrogen and oxygen atoms in total. The van der Waals surface area contributed by atoms with Crippen LogP contribution in [0.15, 0.2) is 6.20 Å². The molecule has 1 fully saturated rings. The van der Waals surface area contributed by atoms with Gasteiger partial charge in [-0.2, -0.15) is 0 Å². The molecule has 0 radical (unpaired) electrons. The lowest BCUT2D eigenvalue weighted by molar-refractivity contribution is 0.200. The van der Waals surface area contributed by atoms with Crippen molar-refractivity contribution in [1.29, 1.82) is 0 Å². The fourth-order valence-electron chi connectivity index (χ4n) is 2.32. The zero-order chi connectivity index (χ0) is 16.2. The largest absolute Gasteiger partial charge is 0.338 e. The fourth-order valence-corrected chi connectivity index (χ4v) is 4.44. The van der Waals surface area contributed by atoms with Gasteiger partial charge < -0.3 is 10.2 Å². The van der Waals surface area contributed by atoms with Crippen molar-refractivity contribution in [2.24, 2.45) is 0 Å². The van der Waals surface area contributed by atoms with Gasteiger partial charge in [-0.3, -0.25) is 4.21 Å². The van der Waals surface area contributed by atoms with Crippen molar-refractivity contribution in [2.75, 3.05) is 25.4 Å². The van der Waals surface area contributed by atoms with Gasteiger partial charge in [0.2, 0.25) is 0 Å².